The van der Waals surface area contributed by atoms with E-state index in [2.05, 4.69) is 61.9 Å². The molecule has 1 saturated heterocycles. The second-order valence-corrected chi connectivity index (χ2v) is 9.35. The molecule has 164 valence electrons. The van der Waals surface area contributed by atoms with Crippen molar-refractivity contribution in [3.05, 3.63) is 65.4 Å². The molecular weight excluding hydrogens is 416 g/mol. The van der Waals surface area contributed by atoms with Crippen LogP contribution < -0.4 is 10.2 Å². The Labute approximate surface area is 193 Å². The van der Waals surface area contributed by atoms with Crippen molar-refractivity contribution in [1.29, 1.82) is 0 Å². The van der Waals surface area contributed by atoms with Crippen LogP contribution in [0, 0.1) is 0 Å². The fraction of sp³-hybridized carbons (Fsp3) is 0.320. The van der Waals surface area contributed by atoms with E-state index in [0.29, 0.717) is 13.1 Å². The Kier molecular flexibility index (Phi) is 6.01. The Morgan fingerprint density at radius 1 is 1.06 bits per heavy atom. The minimum Gasteiger partial charge on any atom is -0.365 e. The van der Waals surface area contributed by atoms with Crippen LogP contribution in [0.3, 0.4) is 0 Å². The van der Waals surface area contributed by atoms with Crippen molar-refractivity contribution in [1.82, 2.24) is 19.9 Å². The Bertz CT molecular complexity index is 1200. The molecule has 0 amide bonds. The summed E-state index contributed by atoms with van der Waals surface area (Å²) in [6, 6.07) is 14.8. The molecule has 0 bridgehead atoms. The van der Waals surface area contributed by atoms with E-state index >= 15 is 0 Å². The third kappa shape index (κ3) is 4.45. The van der Waals surface area contributed by atoms with Gasteiger partial charge in [0.1, 0.15) is 22.3 Å². The predicted molar refractivity (Wildman–Crippen MR) is 133 cm³/mol. The molecule has 0 spiro atoms. The topological polar surface area (TPSA) is 57.2 Å². The van der Waals surface area contributed by atoms with Gasteiger partial charge in [0.25, 0.3) is 0 Å². The number of pyridine rings is 1. The largest absolute Gasteiger partial charge is 0.365 e. The van der Waals surface area contributed by atoms with E-state index in [-0.39, 0.29) is 0 Å². The average Bonchev–Trinajstić information content (AvgIpc) is 3.48. The number of rotatable bonds is 7. The zero-order valence-electron chi connectivity index (χ0n) is 18.6. The fourth-order valence-electron chi connectivity index (χ4n) is 4.17. The molecule has 4 aromatic rings. The summed E-state index contributed by atoms with van der Waals surface area (Å²) in [6.07, 6.45) is 4.41. The summed E-state index contributed by atoms with van der Waals surface area (Å²) in [5.41, 5.74) is 3.57. The fourth-order valence-corrected chi connectivity index (χ4v) is 5.14. The molecule has 1 aliphatic heterocycles. The SMILES string of the molecule is CN(C)Cc1nc(NCc2ccnc(N3CCCC3)c2)c2c(-c3ccccc3)csc2n1. The van der Waals surface area contributed by atoms with E-state index in [1.54, 1.807) is 11.3 Å². The Balaban J connectivity index is 1.49. The zero-order chi connectivity index (χ0) is 21.9. The summed E-state index contributed by atoms with van der Waals surface area (Å²) in [4.78, 5) is 19.9. The maximum absolute atomic E-state index is 4.93. The first-order valence-corrected chi connectivity index (χ1v) is 12.0. The molecule has 3 aromatic heterocycles. The molecule has 1 aliphatic rings. The van der Waals surface area contributed by atoms with Gasteiger partial charge in [-0.15, -0.1) is 11.3 Å². The summed E-state index contributed by atoms with van der Waals surface area (Å²) in [5.74, 6) is 2.80. The van der Waals surface area contributed by atoms with Crippen LogP contribution in [0.5, 0.6) is 0 Å². The molecule has 0 saturated carbocycles. The third-order valence-electron chi connectivity index (χ3n) is 5.72. The van der Waals surface area contributed by atoms with Crippen LogP contribution in [0.15, 0.2) is 54.0 Å². The van der Waals surface area contributed by atoms with E-state index in [1.165, 1.54) is 29.5 Å². The van der Waals surface area contributed by atoms with Crippen LogP contribution >= 0.6 is 11.3 Å². The second kappa shape index (κ2) is 9.22. The highest BCUT2D eigenvalue weighted by molar-refractivity contribution is 7.17. The maximum atomic E-state index is 4.93. The summed E-state index contributed by atoms with van der Waals surface area (Å²) in [6.45, 7) is 3.60. The van der Waals surface area contributed by atoms with Gasteiger partial charge in [0.15, 0.2) is 0 Å². The number of fused-ring (bicyclic) bond motifs is 1. The van der Waals surface area contributed by atoms with Gasteiger partial charge in [-0.05, 0) is 50.2 Å². The quantitative estimate of drug-likeness (QED) is 0.432. The van der Waals surface area contributed by atoms with Gasteiger partial charge in [0.2, 0.25) is 0 Å². The van der Waals surface area contributed by atoms with Crippen LogP contribution in [0.1, 0.15) is 24.2 Å². The van der Waals surface area contributed by atoms with Gasteiger partial charge in [0, 0.05) is 36.8 Å². The van der Waals surface area contributed by atoms with Crippen molar-refractivity contribution in [3.63, 3.8) is 0 Å². The Hall–Kier alpha value is -3.03. The van der Waals surface area contributed by atoms with Crippen molar-refractivity contribution in [3.8, 4) is 11.1 Å². The minimum atomic E-state index is 0.695. The summed E-state index contributed by atoms with van der Waals surface area (Å²) >= 11 is 1.68. The standard InChI is InChI=1S/C25H28N6S/c1-30(2)16-21-28-24(23-20(17-32-25(23)29-21)19-8-4-3-5-9-19)27-15-18-10-11-26-22(14-18)31-12-6-7-13-31/h3-5,8-11,14,17H,6-7,12-13,15-16H2,1-2H3,(H,27,28,29). The number of nitrogens with one attached hydrogen (secondary N) is 1. The molecule has 6 nitrogen and oxygen atoms in total. The van der Waals surface area contributed by atoms with Crippen LogP contribution in [-0.4, -0.2) is 47.0 Å². The van der Waals surface area contributed by atoms with Crippen LogP contribution in [-0.2, 0) is 13.1 Å². The second-order valence-electron chi connectivity index (χ2n) is 8.49. The lowest BCUT2D eigenvalue weighted by Gasteiger charge is -2.17. The van der Waals surface area contributed by atoms with Crippen molar-refractivity contribution >= 4 is 33.2 Å². The number of benzene rings is 1. The maximum Gasteiger partial charge on any atom is 0.146 e. The van der Waals surface area contributed by atoms with Gasteiger partial charge in [-0.2, -0.15) is 0 Å². The average molecular weight is 445 g/mol. The molecule has 5 rings (SSSR count). The number of thiophene rings is 1. The first-order valence-electron chi connectivity index (χ1n) is 11.1. The number of aromatic nitrogens is 3. The van der Waals surface area contributed by atoms with Crippen LogP contribution in [0.4, 0.5) is 11.6 Å². The van der Waals surface area contributed by atoms with E-state index in [0.717, 1.165) is 40.8 Å². The molecule has 1 aromatic carbocycles. The number of nitrogens with zero attached hydrogens (tertiary/aromatic N) is 5. The molecule has 0 aliphatic carbocycles. The summed E-state index contributed by atoms with van der Waals surface area (Å²) in [5, 5.41) is 6.91. The van der Waals surface area contributed by atoms with E-state index < -0.39 is 0 Å². The normalized spacial score (nSPS) is 13.9. The molecule has 0 radical (unpaired) electrons. The monoisotopic (exact) mass is 444 g/mol. The molecule has 1 N–H and O–H groups in total. The van der Waals surface area contributed by atoms with Crippen molar-refractivity contribution in [2.75, 3.05) is 37.4 Å². The first kappa shape index (κ1) is 20.8. The molecular formula is C25H28N6S. The lowest BCUT2D eigenvalue weighted by Crippen LogP contribution is -2.19. The van der Waals surface area contributed by atoms with Gasteiger partial charge in [-0.3, -0.25) is 0 Å². The molecule has 32 heavy (non-hydrogen) atoms. The van der Waals surface area contributed by atoms with Crippen molar-refractivity contribution in [2.24, 2.45) is 0 Å². The van der Waals surface area contributed by atoms with Crippen molar-refractivity contribution < 1.29 is 0 Å². The van der Waals surface area contributed by atoms with E-state index in [1.807, 2.05) is 26.4 Å². The van der Waals surface area contributed by atoms with Gasteiger partial charge in [-0.1, -0.05) is 30.3 Å². The van der Waals surface area contributed by atoms with Gasteiger partial charge < -0.3 is 15.1 Å². The Morgan fingerprint density at radius 2 is 1.88 bits per heavy atom. The molecule has 7 heteroatoms. The lowest BCUT2D eigenvalue weighted by molar-refractivity contribution is 0.391. The van der Waals surface area contributed by atoms with Gasteiger partial charge in [-0.25, -0.2) is 15.0 Å². The highest BCUT2D eigenvalue weighted by Crippen LogP contribution is 2.37. The molecule has 1 fully saturated rings. The summed E-state index contributed by atoms with van der Waals surface area (Å²) < 4.78 is 0. The number of hydrogen-bond donors (Lipinski definition) is 1. The molecule has 0 atom stereocenters. The predicted octanol–water partition coefficient (Wildman–Crippen LogP) is 5.03. The number of anilines is 2. The lowest BCUT2D eigenvalue weighted by atomic mass is 10.1. The van der Waals surface area contributed by atoms with Crippen molar-refractivity contribution in [2.45, 2.75) is 25.9 Å². The van der Waals surface area contributed by atoms with Crippen LogP contribution in [0.25, 0.3) is 21.3 Å². The van der Waals surface area contributed by atoms with Gasteiger partial charge >= 0.3 is 0 Å². The van der Waals surface area contributed by atoms with E-state index in [9.17, 15) is 0 Å². The highest BCUT2D eigenvalue weighted by Gasteiger charge is 2.17. The third-order valence-corrected chi connectivity index (χ3v) is 6.59. The first-order chi connectivity index (χ1) is 15.7. The minimum absolute atomic E-state index is 0.695. The molecule has 0 unspecified atom stereocenters. The summed E-state index contributed by atoms with van der Waals surface area (Å²) in [7, 11) is 4.09. The number of hydrogen-bond acceptors (Lipinski definition) is 7. The zero-order valence-corrected chi connectivity index (χ0v) is 19.4. The highest BCUT2D eigenvalue weighted by atomic mass is 32.1. The Morgan fingerprint density at radius 3 is 2.66 bits per heavy atom. The smallest absolute Gasteiger partial charge is 0.146 e. The van der Waals surface area contributed by atoms with Gasteiger partial charge in [0.05, 0.1) is 11.9 Å². The molecule has 4 heterocycles. The van der Waals surface area contributed by atoms with E-state index in [4.69, 9.17) is 9.97 Å². The van der Waals surface area contributed by atoms with Crippen LogP contribution in [0.2, 0.25) is 0 Å².